The Morgan fingerprint density at radius 3 is 2.61 bits per heavy atom. The van der Waals surface area contributed by atoms with Crippen LogP contribution < -0.4 is 10.1 Å². The molecule has 0 aliphatic carbocycles. The molecule has 1 rings (SSSR count). The van der Waals surface area contributed by atoms with Gasteiger partial charge in [0.1, 0.15) is 5.75 Å². The SMILES string of the molecule is CC(=O)NCCC=Cc1ccc(OC(F)F)cc1. The van der Waals surface area contributed by atoms with Crippen LogP contribution in [0.4, 0.5) is 8.78 Å². The molecule has 1 aromatic carbocycles. The summed E-state index contributed by atoms with van der Waals surface area (Å²) in [7, 11) is 0. The maximum absolute atomic E-state index is 11.9. The number of amides is 1. The Balaban J connectivity index is 2.38. The monoisotopic (exact) mass is 255 g/mol. The first-order valence-corrected chi connectivity index (χ1v) is 5.54. The molecule has 0 aromatic heterocycles. The number of ether oxygens (including phenoxy) is 1. The molecule has 0 saturated heterocycles. The third kappa shape index (κ3) is 5.98. The van der Waals surface area contributed by atoms with Crippen molar-refractivity contribution in [1.29, 1.82) is 0 Å². The number of halogens is 2. The third-order valence-electron chi connectivity index (χ3n) is 2.10. The predicted octanol–water partition coefficient (Wildman–Crippen LogP) is 2.83. The van der Waals surface area contributed by atoms with Crippen molar-refractivity contribution in [2.45, 2.75) is 20.0 Å². The molecule has 98 valence electrons. The summed E-state index contributed by atoms with van der Waals surface area (Å²) in [4.78, 5) is 10.6. The van der Waals surface area contributed by atoms with E-state index in [0.717, 1.165) is 12.0 Å². The summed E-state index contributed by atoms with van der Waals surface area (Å²) in [5.74, 6) is 0.0808. The average molecular weight is 255 g/mol. The summed E-state index contributed by atoms with van der Waals surface area (Å²) in [6.45, 7) is -0.756. The minimum absolute atomic E-state index is 0.0584. The summed E-state index contributed by atoms with van der Waals surface area (Å²) < 4.78 is 28.0. The van der Waals surface area contributed by atoms with Crippen molar-refractivity contribution >= 4 is 12.0 Å². The van der Waals surface area contributed by atoms with Crippen LogP contribution in [0, 0.1) is 0 Å². The standard InChI is InChI=1S/C13H15F2NO2/c1-10(17)16-9-3-2-4-11-5-7-12(8-6-11)18-13(14)15/h2,4-8,13H,3,9H2,1H3,(H,16,17). The first kappa shape index (κ1) is 14.2. The topological polar surface area (TPSA) is 38.3 Å². The molecule has 0 aliphatic rings. The lowest BCUT2D eigenvalue weighted by Gasteiger charge is -2.03. The van der Waals surface area contributed by atoms with Gasteiger partial charge in [-0.3, -0.25) is 4.79 Å². The number of alkyl halides is 2. The number of carbonyl (C=O) groups is 1. The van der Waals surface area contributed by atoms with Gasteiger partial charge in [0.05, 0.1) is 0 Å². The molecule has 1 aromatic rings. The van der Waals surface area contributed by atoms with Crippen LogP contribution in [0.15, 0.2) is 30.3 Å². The maximum Gasteiger partial charge on any atom is 0.387 e. The van der Waals surface area contributed by atoms with Gasteiger partial charge in [-0.25, -0.2) is 0 Å². The van der Waals surface area contributed by atoms with Crippen molar-refractivity contribution in [3.05, 3.63) is 35.9 Å². The Hall–Kier alpha value is -1.91. The molecule has 5 heteroatoms. The van der Waals surface area contributed by atoms with Crippen LogP contribution in [-0.4, -0.2) is 19.1 Å². The molecular formula is C13H15F2NO2. The van der Waals surface area contributed by atoms with Gasteiger partial charge in [0.15, 0.2) is 0 Å². The van der Waals surface area contributed by atoms with Crippen LogP contribution >= 0.6 is 0 Å². The lowest BCUT2D eigenvalue weighted by atomic mass is 10.2. The fraction of sp³-hybridized carbons (Fsp3) is 0.308. The fourth-order valence-electron chi connectivity index (χ4n) is 1.31. The lowest BCUT2D eigenvalue weighted by Crippen LogP contribution is -2.20. The van der Waals surface area contributed by atoms with Gasteiger partial charge in [-0.15, -0.1) is 0 Å². The second-order valence-corrected chi connectivity index (χ2v) is 3.62. The molecule has 0 aliphatic heterocycles. The highest BCUT2D eigenvalue weighted by atomic mass is 19.3. The zero-order valence-electron chi connectivity index (χ0n) is 10.0. The predicted molar refractivity (Wildman–Crippen MR) is 65.4 cm³/mol. The quantitative estimate of drug-likeness (QED) is 0.794. The Labute approximate surface area is 104 Å². The van der Waals surface area contributed by atoms with Gasteiger partial charge < -0.3 is 10.1 Å². The summed E-state index contributed by atoms with van der Waals surface area (Å²) in [5.41, 5.74) is 0.888. The molecule has 1 amide bonds. The number of nitrogens with one attached hydrogen (secondary N) is 1. The van der Waals surface area contributed by atoms with Gasteiger partial charge in [-0.05, 0) is 24.1 Å². The second-order valence-electron chi connectivity index (χ2n) is 3.62. The Morgan fingerprint density at radius 1 is 1.39 bits per heavy atom. The van der Waals surface area contributed by atoms with E-state index in [1.165, 1.54) is 19.1 Å². The zero-order valence-corrected chi connectivity index (χ0v) is 10.0. The zero-order chi connectivity index (χ0) is 13.4. The van der Waals surface area contributed by atoms with E-state index in [0.29, 0.717) is 6.54 Å². The molecule has 18 heavy (non-hydrogen) atoms. The first-order valence-electron chi connectivity index (χ1n) is 5.54. The van der Waals surface area contributed by atoms with Gasteiger partial charge in [0.25, 0.3) is 0 Å². The van der Waals surface area contributed by atoms with Crippen molar-refractivity contribution in [2.24, 2.45) is 0 Å². The van der Waals surface area contributed by atoms with Crippen molar-refractivity contribution in [1.82, 2.24) is 5.32 Å². The van der Waals surface area contributed by atoms with Crippen LogP contribution in [0.2, 0.25) is 0 Å². The highest BCUT2D eigenvalue weighted by molar-refractivity contribution is 5.72. The van der Waals surface area contributed by atoms with E-state index in [2.05, 4.69) is 10.1 Å². The summed E-state index contributed by atoms with van der Waals surface area (Å²) >= 11 is 0. The van der Waals surface area contributed by atoms with E-state index in [1.54, 1.807) is 12.1 Å². The molecule has 0 spiro atoms. The molecule has 0 saturated carbocycles. The van der Waals surface area contributed by atoms with E-state index in [9.17, 15) is 13.6 Å². The van der Waals surface area contributed by atoms with E-state index in [1.807, 2.05) is 12.2 Å². The van der Waals surface area contributed by atoms with E-state index in [4.69, 9.17) is 0 Å². The molecule has 0 fully saturated rings. The summed E-state index contributed by atoms with van der Waals surface area (Å²) in [6, 6.07) is 6.35. The molecule has 0 unspecified atom stereocenters. The van der Waals surface area contributed by atoms with E-state index in [-0.39, 0.29) is 11.7 Å². The molecule has 3 nitrogen and oxygen atoms in total. The number of benzene rings is 1. The number of hydrogen-bond acceptors (Lipinski definition) is 2. The van der Waals surface area contributed by atoms with Crippen LogP contribution in [-0.2, 0) is 4.79 Å². The van der Waals surface area contributed by atoms with E-state index >= 15 is 0 Å². The van der Waals surface area contributed by atoms with Gasteiger partial charge in [0.2, 0.25) is 5.91 Å². The molecular weight excluding hydrogens is 240 g/mol. The molecule has 1 N–H and O–H groups in total. The molecule has 0 radical (unpaired) electrons. The Bertz CT molecular complexity index is 402. The highest BCUT2D eigenvalue weighted by Gasteiger charge is 2.02. The summed E-state index contributed by atoms with van der Waals surface area (Å²) in [5, 5.41) is 2.67. The van der Waals surface area contributed by atoms with Crippen molar-refractivity contribution < 1.29 is 18.3 Å². The Morgan fingerprint density at radius 2 is 2.06 bits per heavy atom. The van der Waals surface area contributed by atoms with Crippen molar-refractivity contribution in [3.63, 3.8) is 0 Å². The molecule has 0 heterocycles. The van der Waals surface area contributed by atoms with Crippen molar-refractivity contribution in [3.8, 4) is 5.75 Å². The van der Waals surface area contributed by atoms with Gasteiger partial charge in [0, 0.05) is 13.5 Å². The smallest absolute Gasteiger partial charge is 0.387 e. The number of rotatable bonds is 6. The summed E-state index contributed by atoms with van der Waals surface area (Å²) in [6.07, 6.45) is 4.47. The van der Waals surface area contributed by atoms with Crippen molar-refractivity contribution in [2.75, 3.05) is 6.54 Å². The minimum Gasteiger partial charge on any atom is -0.435 e. The Kier molecular flexibility index (Phi) is 5.84. The number of hydrogen-bond donors (Lipinski definition) is 1. The van der Waals surface area contributed by atoms with Gasteiger partial charge in [-0.1, -0.05) is 24.3 Å². The molecule has 0 bridgehead atoms. The first-order chi connectivity index (χ1) is 8.58. The second kappa shape index (κ2) is 7.42. The largest absolute Gasteiger partial charge is 0.435 e. The molecule has 0 atom stereocenters. The lowest BCUT2D eigenvalue weighted by molar-refractivity contribution is -0.118. The van der Waals surface area contributed by atoms with Gasteiger partial charge in [-0.2, -0.15) is 8.78 Å². The maximum atomic E-state index is 11.9. The highest BCUT2D eigenvalue weighted by Crippen LogP contribution is 2.15. The third-order valence-corrected chi connectivity index (χ3v) is 2.10. The van der Waals surface area contributed by atoms with Crippen LogP contribution in [0.25, 0.3) is 6.08 Å². The van der Waals surface area contributed by atoms with E-state index < -0.39 is 6.61 Å². The average Bonchev–Trinajstić information content (AvgIpc) is 2.30. The fourth-order valence-corrected chi connectivity index (χ4v) is 1.31. The van der Waals surface area contributed by atoms with Crippen LogP contribution in [0.3, 0.4) is 0 Å². The number of carbonyl (C=O) groups excluding carboxylic acids is 1. The van der Waals surface area contributed by atoms with Crippen LogP contribution in [0.1, 0.15) is 18.9 Å². The minimum atomic E-state index is -2.80. The normalized spacial score (nSPS) is 10.9. The van der Waals surface area contributed by atoms with Crippen LogP contribution in [0.5, 0.6) is 5.75 Å². The van der Waals surface area contributed by atoms with Gasteiger partial charge >= 0.3 is 6.61 Å².